The molecule has 1 rings (SSSR count). The highest BCUT2D eigenvalue weighted by Gasteiger charge is 2.43. The van der Waals surface area contributed by atoms with Crippen molar-refractivity contribution in [1.29, 1.82) is 0 Å². The number of ether oxygens (including phenoxy) is 2. The van der Waals surface area contributed by atoms with Crippen LogP contribution in [0.15, 0.2) is 10.2 Å². The molecule has 0 aromatic rings. The van der Waals surface area contributed by atoms with Gasteiger partial charge in [-0.1, -0.05) is 11.8 Å². The first kappa shape index (κ1) is 8.96. The van der Waals surface area contributed by atoms with E-state index in [2.05, 4.69) is 10.2 Å². The van der Waals surface area contributed by atoms with Crippen LogP contribution in [0, 0.1) is 0 Å². The highest BCUT2D eigenvalue weighted by molar-refractivity contribution is 7.99. The number of rotatable bonds is 2. The third-order valence-electron chi connectivity index (χ3n) is 1.31. The van der Waals surface area contributed by atoms with Gasteiger partial charge in [0.05, 0.1) is 0 Å². The minimum absolute atomic E-state index is 0.557. The summed E-state index contributed by atoms with van der Waals surface area (Å²) in [6.45, 7) is 3.68. The Morgan fingerprint density at radius 1 is 1.36 bits per heavy atom. The Labute approximate surface area is 70.4 Å². The van der Waals surface area contributed by atoms with Gasteiger partial charge < -0.3 is 4.74 Å². The number of nitrogens with zero attached hydrogens (tertiary/aromatic N) is 2. The monoisotopic (exact) mass is 176 g/mol. The lowest BCUT2D eigenvalue weighted by Gasteiger charge is -2.23. The zero-order chi connectivity index (χ0) is 8.54. The summed E-state index contributed by atoms with van der Waals surface area (Å²) >= 11 is 1.38. The summed E-state index contributed by atoms with van der Waals surface area (Å²) in [6, 6.07) is 0. The molecular weight excluding hydrogens is 164 g/mol. The normalized spacial score (nSPS) is 34.5. The number of hydrogen-bond acceptors (Lipinski definition) is 5. The largest absolute Gasteiger partial charge is 0.342 e. The van der Waals surface area contributed by atoms with E-state index >= 15 is 0 Å². The lowest BCUT2D eigenvalue weighted by atomic mass is 10.3. The fourth-order valence-electron chi connectivity index (χ4n) is 0.786. The molecule has 1 aliphatic heterocycles. The van der Waals surface area contributed by atoms with Crippen LogP contribution in [0.2, 0.25) is 0 Å². The molecule has 5 heteroatoms. The van der Waals surface area contributed by atoms with E-state index in [1.165, 1.54) is 11.8 Å². The summed E-state index contributed by atoms with van der Waals surface area (Å²) in [6.07, 6.45) is 1.86. The molecule has 0 saturated carbocycles. The number of hydrogen-bond donors (Lipinski definition) is 0. The molecule has 0 amide bonds. The van der Waals surface area contributed by atoms with Crippen LogP contribution >= 0.6 is 11.8 Å². The Hall–Kier alpha value is -0.130. The van der Waals surface area contributed by atoms with Gasteiger partial charge >= 0.3 is 5.24 Å². The van der Waals surface area contributed by atoms with Crippen molar-refractivity contribution in [2.75, 3.05) is 13.4 Å². The predicted molar refractivity (Wildman–Crippen MR) is 43.3 cm³/mol. The molecular formula is C6H12N2O2S. The summed E-state index contributed by atoms with van der Waals surface area (Å²) in [5, 5.41) is 6.91. The van der Waals surface area contributed by atoms with Crippen LogP contribution in [0.25, 0.3) is 0 Å². The molecule has 0 aromatic heterocycles. The molecule has 0 saturated heterocycles. The maximum Gasteiger partial charge on any atom is 0.342 e. The van der Waals surface area contributed by atoms with Crippen molar-refractivity contribution in [2.45, 2.75) is 24.8 Å². The third-order valence-corrected chi connectivity index (χ3v) is 2.16. The molecule has 1 heterocycles. The minimum atomic E-state index is -0.913. The van der Waals surface area contributed by atoms with E-state index in [9.17, 15) is 0 Å². The summed E-state index contributed by atoms with van der Waals surface area (Å²) in [7, 11) is 1.55. The first-order valence-electron chi connectivity index (χ1n) is 3.28. The van der Waals surface area contributed by atoms with Gasteiger partial charge in [0.1, 0.15) is 0 Å². The molecule has 1 atom stereocenters. The molecule has 0 bridgehead atoms. The molecule has 11 heavy (non-hydrogen) atoms. The van der Waals surface area contributed by atoms with E-state index in [1.54, 1.807) is 7.11 Å². The van der Waals surface area contributed by atoms with Crippen LogP contribution in [-0.4, -0.2) is 24.3 Å². The lowest BCUT2D eigenvalue weighted by molar-refractivity contribution is -0.176. The Balaban J connectivity index is 2.73. The number of thioether (sulfide) groups is 1. The van der Waals surface area contributed by atoms with Crippen LogP contribution in [0.1, 0.15) is 13.8 Å². The van der Waals surface area contributed by atoms with Gasteiger partial charge in [0, 0.05) is 7.11 Å². The standard InChI is InChI=1S/C6H12N2O2S/c1-5(2)7-8-6(9-3,10-5)11-4/h1-4H3. The van der Waals surface area contributed by atoms with Crippen molar-refractivity contribution in [1.82, 2.24) is 0 Å². The van der Waals surface area contributed by atoms with Crippen molar-refractivity contribution < 1.29 is 9.47 Å². The average Bonchev–Trinajstić information content (AvgIpc) is 2.28. The van der Waals surface area contributed by atoms with Gasteiger partial charge in [-0.3, -0.25) is 4.74 Å². The van der Waals surface area contributed by atoms with Crippen molar-refractivity contribution >= 4 is 11.8 Å². The summed E-state index contributed by atoms with van der Waals surface area (Å²) in [5.74, 6) is 0. The van der Waals surface area contributed by atoms with Gasteiger partial charge in [-0.15, -0.1) is 5.11 Å². The van der Waals surface area contributed by atoms with Crippen molar-refractivity contribution in [3.8, 4) is 0 Å². The zero-order valence-corrected chi connectivity index (χ0v) is 7.94. The average molecular weight is 176 g/mol. The topological polar surface area (TPSA) is 43.2 Å². The molecule has 0 fully saturated rings. The molecule has 0 spiro atoms. The highest BCUT2D eigenvalue weighted by atomic mass is 32.2. The van der Waals surface area contributed by atoms with Crippen LogP contribution in [0.3, 0.4) is 0 Å². The fourth-order valence-corrected chi connectivity index (χ4v) is 1.36. The summed E-state index contributed by atoms with van der Waals surface area (Å²) in [4.78, 5) is 0. The van der Waals surface area contributed by atoms with Gasteiger partial charge in [0.2, 0.25) is 0 Å². The smallest absolute Gasteiger partial charge is 0.325 e. The van der Waals surface area contributed by atoms with E-state index in [-0.39, 0.29) is 0 Å². The van der Waals surface area contributed by atoms with Gasteiger partial charge in [0.25, 0.3) is 0 Å². The Morgan fingerprint density at radius 2 is 2.00 bits per heavy atom. The molecule has 0 aromatic carbocycles. The van der Waals surface area contributed by atoms with E-state index in [0.29, 0.717) is 0 Å². The Morgan fingerprint density at radius 3 is 2.18 bits per heavy atom. The fraction of sp³-hybridized carbons (Fsp3) is 1.00. The highest BCUT2D eigenvalue weighted by Crippen LogP contribution is 2.38. The molecule has 1 unspecified atom stereocenters. The van der Waals surface area contributed by atoms with E-state index in [0.717, 1.165) is 0 Å². The zero-order valence-electron chi connectivity index (χ0n) is 7.12. The van der Waals surface area contributed by atoms with Crippen molar-refractivity contribution in [3.05, 3.63) is 0 Å². The maximum absolute atomic E-state index is 5.44. The molecule has 0 N–H and O–H groups in total. The lowest BCUT2D eigenvalue weighted by Crippen LogP contribution is -2.31. The number of azo groups is 1. The maximum atomic E-state index is 5.44. The first-order valence-corrected chi connectivity index (χ1v) is 4.50. The van der Waals surface area contributed by atoms with Gasteiger partial charge in [-0.05, 0) is 20.1 Å². The Bertz CT molecular complexity index is 177. The second-order valence-electron chi connectivity index (χ2n) is 2.68. The van der Waals surface area contributed by atoms with E-state index in [4.69, 9.17) is 9.47 Å². The summed E-state index contributed by atoms with van der Waals surface area (Å²) in [5.41, 5.74) is -0.557. The SMILES string of the molecule is COC1(SC)N=NC(C)(C)O1. The minimum Gasteiger partial charge on any atom is -0.325 e. The van der Waals surface area contributed by atoms with E-state index in [1.807, 2.05) is 20.1 Å². The second kappa shape index (κ2) is 2.73. The summed E-state index contributed by atoms with van der Waals surface area (Å²) < 4.78 is 10.5. The van der Waals surface area contributed by atoms with Crippen LogP contribution < -0.4 is 0 Å². The quantitative estimate of drug-likeness (QED) is 0.603. The Kier molecular flexibility index (Phi) is 2.22. The van der Waals surface area contributed by atoms with Gasteiger partial charge in [0.15, 0.2) is 5.72 Å². The van der Waals surface area contributed by atoms with Crippen LogP contribution in [0.5, 0.6) is 0 Å². The van der Waals surface area contributed by atoms with Gasteiger partial charge in [-0.2, -0.15) is 5.11 Å². The number of methoxy groups -OCH3 is 1. The second-order valence-corrected chi connectivity index (χ2v) is 3.61. The molecule has 0 aliphatic carbocycles. The third kappa shape index (κ3) is 1.72. The molecule has 0 radical (unpaired) electrons. The molecule has 1 aliphatic rings. The van der Waals surface area contributed by atoms with Crippen molar-refractivity contribution in [3.63, 3.8) is 0 Å². The van der Waals surface area contributed by atoms with Crippen molar-refractivity contribution in [2.24, 2.45) is 10.2 Å². The first-order chi connectivity index (χ1) is 5.04. The predicted octanol–water partition coefficient (Wildman–Crippen LogP) is 1.83. The molecule has 64 valence electrons. The molecule has 4 nitrogen and oxygen atoms in total. The van der Waals surface area contributed by atoms with Crippen LogP contribution in [0.4, 0.5) is 0 Å². The van der Waals surface area contributed by atoms with E-state index < -0.39 is 11.0 Å². The van der Waals surface area contributed by atoms with Crippen LogP contribution in [-0.2, 0) is 9.47 Å². The van der Waals surface area contributed by atoms with Gasteiger partial charge in [-0.25, -0.2) is 0 Å².